The highest BCUT2D eigenvalue weighted by Crippen LogP contribution is 2.17. The van der Waals surface area contributed by atoms with Gasteiger partial charge in [-0.3, -0.25) is 4.99 Å². The van der Waals surface area contributed by atoms with E-state index in [9.17, 15) is 4.39 Å². The third kappa shape index (κ3) is 6.08. The Morgan fingerprint density at radius 3 is 2.55 bits per heavy atom. The number of halogens is 2. The van der Waals surface area contributed by atoms with Gasteiger partial charge in [-0.2, -0.15) is 0 Å². The summed E-state index contributed by atoms with van der Waals surface area (Å²) in [6.07, 6.45) is 6.75. The highest BCUT2D eigenvalue weighted by Gasteiger charge is 2.20. The number of benzene rings is 1. The van der Waals surface area contributed by atoms with E-state index < -0.39 is 0 Å². The van der Waals surface area contributed by atoms with E-state index in [0.29, 0.717) is 0 Å². The molecule has 1 N–H and O–H groups in total. The van der Waals surface area contributed by atoms with E-state index in [2.05, 4.69) is 34.9 Å². The third-order valence-corrected chi connectivity index (χ3v) is 6.03. The Hall–Kier alpha value is -1.91. The van der Waals surface area contributed by atoms with Crippen LogP contribution in [0.1, 0.15) is 37.3 Å². The van der Waals surface area contributed by atoms with E-state index in [0.717, 1.165) is 81.8 Å². The zero-order valence-corrected chi connectivity index (χ0v) is 20.6. The van der Waals surface area contributed by atoms with E-state index in [1.54, 1.807) is 0 Å². The molecule has 170 valence electrons. The lowest BCUT2D eigenvalue weighted by Gasteiger charge is -2.37. The number of piperazine rings is 1. The number of nitrogens with one attached hydrogen (secondary N) is 1. The van der Waals surface area contributed by atoms with Gasteiger partial charge in [0.1, 0.15) is 17.5 Å². The van der Waals surface area contributed by atoms with Crippen molar-refractivity contribution in [2.24, 2.45) is 4.99 Å². The Labute approximate surface area is 201 Å². The smallest absolute Gasteiger partial charge is 0.193 e. The highest BCUT2D eigenvalue weighted by molar-refractivity contribution is 14.0. The molecule has 0 unspecified atom stereocenters. The van der Waals surface area contributed by atoms with Gasteiger partial charge in [0.05, 0.1) is 0 Å². The molecule has 3 heterocycles. The van der Waals surface area contributed by atoms with Gasteiger partial charge in [-0.05, 0) is 43.5 Å². The number of fused-ring (bicyclic) bond motifs is 1. The van der Waals surface area contributed by atoms with Crippen LogP contribution in [-0.2, 0) is 19.4 Å². The largest absolute Gasteiger partial charge is 0.368 e. The van der Waals surface area contributed by atoms with Gasteiger partial charge in [-0.1, -0.05) is 6.42 Å². The fourth-order valence-corrected chi connectivity index (χ4v) is 4.34. The summed E-state index contributed by atoms with van der Waals surface area (Å²) in [4.78, 5) is 9.06. The van der Waals surface area contributed by atoms with Gasteiger partial charge in [-0.25, -0.2) is 4.39 Å². The summed E-state index contributed by atoms with van der Waals surface area (Å²) < 4.78 is 15.5. The second kappa shape index (κ2) is 11.6. The molecule has 1 aromatic heterocycles. The Bertz CT molecular complexity index is 844. The maximum absolute atomic E-state index is 13.1. The van der Waals surface area contributed by atoms with Gasteiger partial charge in [0.25, 0.3) is 0 Å². The average molecular weight is 541 g/mol. The van der Waals surface area contributed by atoms with Crippen molar-refractivity contribution in [3.05, 3.63) is 41.7 Å². The molecule has 1 aromatic carbocycles. The Kier molecular flexibility index (Phi) is 8.91. The van der Waals surface area contributed by atoms with E-state index >= 15 is 0 Å². The topological polar surface area (TPSA) is 61.6 Å². The molecule has 7 nitrogen and oxygen atoms in total. The fraction of sp³-hybridized carbons (Fsp3) is 0.591. The number of aromatic nitrogens is 3. The van der Waals surface area contributed by atoms with Crippen molar-refractivity contribution < 1.29 is 4.39 Å². The summed E-state index contributed by atoms with van der Waals surface area (Å²) in [7, 11) is 1.84. The minimum Gasteiger partial charge on any atom is -0.368 e. The third-order valence-electron chi connectivity index (χ3n) is 6.03. The quantitative estimate of drug-likeness (QED) is 0.273. The van der Waals surface area contributed by atoms with Crippen molar-refractivity contribution in [2.45, 2.75) is 45.1 Å². The molecule has 0 saturated carbocycles. The van der Waals surface area contributed by atoms with Gasteiger partial charge in [-0.15, -0.1) is 34.2 Å². The molecule has 0 amide bonds. The normalized spacial score (nSPS) is 17.0. The summed E-state index contributed by atoms with van der Waals surface area (Å²) in [5, 5.41) is 12.3. The predicted molar refractivity (Wildman–Crippen MR) is 133 cm³/mol. The molecular weight excluding hydrogens is 508 g/mol. The summed E-state index contributed by atoms with van der Waals surface area (Å²) >= 11 is 0. The molecule has 9 heteroatoms. The molecule has 0 aliphatic carbocycles. The molecular formula is C22H33FIN7. The molecule has 0 bridgehead atoms. The maximum Gasteiger partial charge on any atom is 0.193 e. The van der Waals surface area contributed by atoms with E-state index in [-0.39, 0.29) is 29.8 Å². The molecule has 2 aliphatic heterocycles. The van der Waals surface area contributed by atoms with Gasteiger partial charge >= 0.3 is 0 Å². The summed E-state index contributed by atoms with van der Waals surface area (Å²) in [6, 6.07) is 6.75. The Morgan fingerprint density at radius 1 is 1.03 bits per heavy atom. The van der Waals surface area contributed by atoms with Crippen molar-refractivity contribution in [1.29, 1.82) is 0 Å². The number of nitrogens with zero attached hydrogens (tertiary/aromatic N) is 6. The number of hydrogen-bond donors (Lipinski definition) is 1. The second-order valence-corrected chi connectivity index (χ2v) is 8.02. The van der Waals surface area contributed by atoms with Gasteiger partial charge < -0.3 is 19.7 Å². The number of rotatable bonds is 5. The lowest BCUT2D eigenvalue weighted by Crippen LogP contribution is -2.52. The van der Waals surface area contributed by atoms with Crippen molar-refractivity contribution >= 4 is 35.6 Å². The molecule has 1 fully saturated rings. The van der Waals surface area contributed by atoms with Crippen LogP contribution in [0.4, 0.5) is 10.1 Å². The number of hydrogen-bond acceptors (Lipinski definition) is 4. The summed E-state index contributed by atoms with van der Waals surface area (Å²) in [5.74, 6) is 3.04. The zero-order chi connectivity index (χ0) is 20.8. The van der Waals surface area contributed by atoms with Crippen molar-refractivity contribution in [2.75, 3.05) is 44.7 Å². The van der Waals surface area contributed by atoms with Crippen LogP contribution in [0, 0.1) is 5.82 Å². The van der Waals surface area contributed by atoms with Crippen LogP contribution in [-0.4, -0.2) is 65.4 Å². The monoisotopic (exact) mass is 541 g/mol. The molecule has 4 rings (SSSR count). The van der Waals surface area contributed by atoms with Crippen molar-refractivity contribution in [3.63, 3.8) is 0 Å². The summed E-state index contributed by atoms with van der Waals surface area (Å²) in [5.41, 5.74) is 1.08. The second-order valence-electron chi connectivity index (χ2n) is 8.02. The Balaban J connectivity index is 0.00000272. The molecule has 2 aromatic rings. The lowest BCUT2D eigenvalue weighted by molar-refractivity contribution is 0.372. The van der Waals surface area contributed by atoms with Crippen LogP contribution < -0.4 is 10.2 Å². The van der Waals surface area contributed by atoms with Crippen LogP contribution in [0.3, 0.4) is 0 Å². The van der Waals surface area contributed by atoms with Crippen LogP contribution in [0.25, 0.3) is 0 Å². The average Bonchev–Trinajstić information content (AvgIpc) is 3.00. The fourth-order valence-electron chi connectivity index (χ4n) is 4.34. The first-order chi connectivity index (χ1) is 14.7. The predicted octanol–water partition coefficient (Wildman–Crippen LogP) is 3.09. The lowest BCUT2D eigenvalue weighted by atomic mass is 10.2. The molecule has 0 radical (unpaired) electrons. The van der Waals surface area contributed by atoms with E-state index in [1.165, 1.54) is 31.4 Å². The zero-order valence-electron chi connectivity index (χ0n) is 18.3. The number of guanidine groups is 1. The van der Waals surface area contributed by atoms with Gasteiger partial charge in [0.15, 0.2) is 5.96 Å². The molecule has 1 saturated heterocycles. The highest BCUT2D eigenvalue weighted by atomic mass is 127. The maximum atomic E-state index is 13.1. The number of aliphatic imine (C=N–C) groups is 1. The van der Waals surface area contributed by atoms with Crippen LogP contribution in [0.2, 0.25) is 0 Å². The van der Waals surface area contributed by atoms with Crippen molar-refractivity contribution in [1.82, 2.24) is 25.0 Å². The molecule has 2 aliphatic rings. The van der Waals surface area contributed by atoms with Gasteiger partial charge in [0, 0.05) is 64.8 Å². The standard InChI is InChI=1S/C22H32FN7.HI/c1-24-22(29-16-14-28(15-17-29)19-10-8-18(23)9-11-19)25-12-5-7-21-27-26-20-6-3-2-4-13-30(20)21;/h8-11H,2-7,12-17H2,1H3,(H,24,25);1H. The van der Waals surface area contributed by atoms with E-state index in [1.807, 2.05) is 19.2 Å². The van der Waals surface area contributed by atoms with Crippen LogP contribution in [0.15, 0.2) is 29.3 Å². The van der Waals surface area contributed by atoms with Gasteiger partial charge in [0.2, 0.25) is 0 Å². The first kappa shape index (κ1) is 23.7. The van der Waals surface area contributed by atoms with Crippen LogP contribution in [0.5, 0.6) is 0 Å². The van der Waals surface area contributed by atoms with Crippen LogP contribution >= 0.6 is 24.0 Å². The minimum atomic E-state index is -0.191. The minimum absolute atomic E-state index is 0. The first-order valence-corrected chi connectivity index (χ1v) is 11.1. The SMILES string of the molecule is CN=C(NCCCc1nnc2n1CCCCC2)N1CCN(c2ccc(F)cc2)CC1.I. The Morgan fingerprint density at radius 2 is 1.81 bits per heavy atom. The number of anilines is 1. The number of aryl methyl sites for hydroxylation is 2. The molecule has 0 atom stereocenters. The summed E-state index contributed by atoms with van der Waals surface area (Å²) in [6.45, 7) is 5.53. The molecule has 31 heavy (non-hydrogen) atoms. The first-order valence-electron chi connectivity index (χ1n) is 11.1. The molecule has 0 spiro atoms. The van der Waals surface area contributed by atoms with E-state index in [4.69, 9.17) is 0 Å². The van der Waals surface area contributed by atoms with Crippen molar-refractivity contribution in [3.8, 4) is 0 Å².